The normalized spacial score (nSPS) is 15.5. The van der Waals surface area contributed by atoms with E-state index in [-0.39, 0.29) is 17.5 Å². The zero-order valence-corrected chi connectivity index (χ0v) is 14.8. The van der Waals surface area contributed by atoms with Crippen molar-refractivity contribution in [3.8, 4) is 5.75 Å². The van der Waals surface area contributed by atoms with Crippen LogP contribution in [0.2, 0.25) is 0 Å². The lowest BCUT2D eigenvalue weighted by Gasteiger charge is -2.25. The molecule has 0 bridgehead atoms. The third-order valence-corrected chi connectivity index (χ3v) is 4.42. The number of nitrogens with one attached hydrogen (secondary N) is 1. The van der Waals surface area contributed by atoms with Crippen molar-refractivity contribution in [3.63, 3.8) is 0 Å². The zero-order chi connectivity index (χ0) is 18.7. The van der Waals surface area contributed by atoms with Crippen LogP contribution >= 0.6 is 0 Å². The molecular formula is C19H21N3O4. The lowest BCUT2D eigenvalue weighted by Crippen LogP contribution is -2.35. The van der Waals surface area contributed by atoms with Gasteiger partial charge in [0.1, 0.15) is 5.75 Å². The van der Waals surface area contributed by atoms with Crippen molar-refractivity contribution in [2.75, 3.05) is 32.1 Å². The van der Waals surface area contributed by atoms with Gasteiger partial charge in [-0.2, -0.15) is 0 Å². The topological polar surface area (TPSA) is 84.7 Å². The molecule has 1 unspecified atom stereocenters. The Kier molecular flexibility index (Phi) is 5.06. The number of non-ortho nitro benzene ring substituents is 1. The summed E-state index contributed by atoms with van der Waals surface area (Å²) in [6.07, 6.45) is 0.825. The minimum atomic E-state index is -0.498. The minimum absolute atomic E-state index is 0.101. The summed E-state index contributed by atoms with van der Waals surface area (Å²) in [5.41, 5.74) is 1.96. The van der Waals surface area contributed by atoms with E-state index >= 15 is 0 Å². The Labute approximate surface area is 151 Å². The number of anilines is 1. The summed E-state index contributed by atoms with van der Waals surface area (Å²) >= 11 is 0. The maximum absolute atomic E-state index is 12.6. The van der Waals surface area contributed by atoms with Gasteiger partial charge in [-0.15, -0.1) is 0 Å². The van der Waals surface area contributed by atoms with Crippen molar-refractivity contribution >= 4 is 17.3 Å². The number of carbonyl (C=O) groups excluding carboxylic acids is 1. The average Bonchev–Trinajstić information content (AvgIpc) is 2.65. The van der Waals surface area contributed by atoms with Crippen LogP contribution in [0.4, 0.5) is 11.4 Å². The van der Waals surface area contributed by atoms with Crippen LogP contribution in [0.25, 0.3) is 0 Å². The maximum Gasteiger partial charge on any atom is 0.270 e. The summed E-state index contributed by atoms with van der Waals surface area (Å²) in [7, 11) is 3.59. The fourth-order valence-electron chi connectivity index (χ4n) is 3.06. The van der Waals surface area contributed by atoms with Crippen LogP contribution in [0.15, 0.2) is 42.5 Å². The number of ether oxygens (including phenoxy) is 1. The van der Waals surface area contributed by atoms with E-state index in [1.54, 1.807) is 25.1 Å². The Morgan fingerprint density at radius 3 is 2.81 bits per heavy atom. The summed E-state index contributed by atoms with van der Waals surface area (Å²) in [5, 5.41) is 13.9. The smallest absolute Gasteiger partial charge is 0.270 e. The number of benzene rings is 2. The molecule has 2 aromatic carbocycles. The zero-order valence-electron chi connectivity index (χ0n) is 14.8. The molecule has 7 heteroatoms. The number of hydrogen-bond donors (Lipinski definition) is 1. The van der Waals surface area contributed by atoms with Crippen molar-refractivity contribution in [1.29, 1.82) is 0 Å². The lowest BCUT2D eigenvalue weighted by atomic mass is 9.96. The summed E-state index contributed by atoms with van der Waals surface area (Å²) in [6.45, 7) is 0.982. The highest BCUT2D eigenvalue weighted by Gasteiger charge is 2.22. The number of carbonyl (C=O) groups is 1. The molecule has 1 amide bonds. The first-order valence-corrected chi connectivity index (χ1v) is 8.40. The monoisotopic (exact) mass is 355 g/mol. The van der Waals surface area contributed by atoms with Gasteiger partial charge >= 0.3 is 0 Å². The van der Waals surface area contributed by atoms with Gasteiger partial charge in [0.05, 0.1) is 17.1 Å². The van der Waals surface area contributed by atoms with E-state index in [0.29, 0.717) is 24.4 Å². The summed E-state index contributed by atoms with van der Waals surface area (Å²) < 4.78 is 5.74. The molecule has 1 heterocycles. The van der Waals surface area contributed by atoms with Gasteiger partial charge < -0.3 is 15.0 Å². The maximum atomic E-state index is 12.6. The van der Waals surface area contributed by atoms with Crippen molar-refractivity contribution in [3.05, 3.63) is 63.7 Å². The molecule has 7 nitrogen and oxygen atoms in total. The van der Waals surface area contributed by atoms with Crippen LogP contribution in [0.1, 0.15) is 15.9 Å². The highest BCUT2D eigenvalue weighted by atomic mass is 16.6. The number of nitro groups is 1. The van der Waals surface area contributed by atoms with Crippen molar-refractivity contribution < 1.29 is 14.5 Å². The first kappa shape index (κ1) is 17.7. The third-order valence-electron chi connectivity index (χ3n) is 4.42. The van der Waals surface area contributed by atoms with E-state index in [9.17, 15) is 14.9 Å². The quantitative estimate of drug-likeness (QED) is 0.658. The average molecular weight is 355 g/mol. The van der Waals surface area contributed by atoms with Crippen LogP contribution in [0.3, 0.4) is 0 Å². The molecule has 0 saturated heterocycles. The predicted molar refractivity (Wildman–Crippen MR) is 98.9 cm³/mol. The molecule has 0 aromatic heterocycles. The molecule has 136 valence electrons. The fraction of sp³-hybridized carbons (Fsp3) is 0.316. The SMILES string of the molecule is CN(C)c1ccc([N+](=O)[O-])cc1C(=O)NCC1COc2ccccc2C1. The van der Waals surface area contributed by atoms with E-state index in [1.165, 1.54) is 12.1 Å². The van der Waals surface area contributed by atoms with Crippen LogP contribution in [-0.2, 0) is 6.42 Å². The van der Waals surface area contributed by atoms with E-state index in [4.69, 9.17) is 4.74 Å². The molecule has 1 aliphatic rings. The Morgan fingerprint density at radius 2 is 2.08 bits per heavy atom. The molecule has 1 atom stereocenters. The molecular weight excluding hydrogens is 334 g/mol. The van der Waals surface area contributed by atoms with E-state index in [1.807, 2.05) is 24.3 Å². The van der Waals surface area contributed by atoms with Gasteiger partial charge in [-0.3, -0.25) is 14.9 Å². The second-order valence-electron chi connectivity index (χ2n) is 6.55. The Morgan fingerprint density at radius 1 is 1.31 bits per heavy atom. The number of amides is 1. The van der Waals surface area contributed by atoms with E-state index in [2.05, 4.69) is 5.32 Å². The Hall–Kier alpha value is -3.09. The number of nitro benzene ring substituents is 1. The summed E-state index contributed by atoms with van der Waals surface area (Å²) in [4.78, 5) is 24.9. The Bertz CT molecular complexity index is 835. The number of nitrogens with zero attached hydrogens (tertiary/aromatic N) is 2. The third kappa shape index (κ3) is 3.77. The molecule has 3 rings (SSSR count). The molecule has 0 aliphatic carbocycles. The van der Waals surface area contributed by atoms with Gasteiger partial charge in [-0.1, -0.05) is 18.2 Å². The lowest BCUT2D eigenvalue weighted by molar-refractivity contribution is -0.384. The second kappa shape index (κ2) is 7.43. The summed E-state index contributed by atoms with van der Waals surface area (Å²) in [5.74, 6) is 0.732. The largest absolute Gasteiger partial charge is 0.493 e. The summed E-state index contributed by atoms with van der Waals surface area (Å²) in [6, 6.07) is 12.2. The van der Waals surface area contributed by atoms with Crippen molar-refractivity contribution in [1.82, 2.24) is 5.32 Å². The standard InChI is InChI=1S/C19H21N3O4/c1-21(2)17-8-7-15(22(24)25)10-16(17)19(23)20-11-13-9-14-5-3-4-6-18(14)26-12-13/h3-8,10,13H,9,11-12H2,1-2H3,(H,20,23). The van der Waals surface area contributed by atoms with Crippen molar-refractivity contribution in [2.24, 2.45) is 5.92 Å². The highest BCUT2D eigenvalue weighted by Crippen LogP contribution is 2.27. The second-order valence-corrected chi connectivity index (χ2v) is 6.55. The molecule has 1 aliphatic heterocycles. The molecule has 0 spiro atoms. The van der Waals surface area contributed by atoms with Gasteiger partial charge in [0.25, 0.3) is 11.6 Å². The molecule has 0 fully saturated rings. The fourth-order valence-corrected chi connectivity index (χ4v) is 3.06. The number of fused-ring (bicyclic) bond motifs is 1. The van der Waals surface area contributed by atoms with Gasteiger partial charge in [0, 0.05) is 44.4 Å². The van der Waals surface area contributed by atoms with Gasteiger partial charge in [0.15, 0.2) is 0 Å². The number of hydrogen-bond acceptors (Lipinski definition) is 5. The molecule has 0 saturated carbocycles. The molecule has 26 heavy (non-hydrogen) atoms. The van der Waals surface area contributed by atoms with Crippen molar-refractivity contribution in [2.45, 2.75) is 6.42 Å². The van der Waals surface area contributed by atoms with Gasteiger partial charge in [0.2, 0.25) is 0 Å². The van der Waals surface area contributed by atoms with Crippen LogP contribution in [0, 0.1) is 16.0 Å². The van der Waals surface area contributed by atoms with Gasteiger partial charge in [-0.25, -0.2) is 0 Å². The Balaban J connectivity index is 1.70. The predicted octanol–water partition coefficient (Wildman–Crippen LogP) is 2.64. The van der Waals surface area contributed by atoms with Crippen LogP contribution < -0.4 is 15.0 Å². The molecule has 2 aromatic rings. The van der Waals surface area contributed by atoms with Crippen LogP contribution in [0.5, 0.6) is 5.75 Å². The number of rotatable bonds is 5. The first-order chi connectivity index (χ1) is 12.5. The number of para-hydroxylation sites is 1. The first-order valence-electron chi connectivity index (χ1n) is 8.40. The molecule has 1 N–H and O–H groups in total. The van der Waals surface area contributed by atoms with Gasteiger partial charge in [-0.05, 0) is 24.1 Å². The minimum Gasteiger partial charge on any atom is -0.493 e. The van der Waals surface area contributed by atoms with E-state index in [0.717, 1.165) is 17.7 Å². The highest BCUT2D eigenvalue weighted by molar-refractivity contribution is 6.00. The van der Waals surface area contributed by atoms with E-state index < -0.39 is 4.92 Å². The van der Waals surface area contributed by atoms with Crippen LogP contribution in [-0.4, -0.2) is 38.1 Å². The molecule has 0 radical (unpaired) electrons.